The third-order valence-corrected chi connectivity index (χ3v) is 5.54. The normalized spacial score (nSPS) is 16.8. The standard InChI is InChI=1S/C24H27N3O3.ClH/c1-29-23-9-5-3-7-20(23)21-16-19(28)15-18(25-21)17-26-11-13-27(14-12-26)22-8-4-6-10-24(22)30-2;/h3-10,16H,11-15,17H2,1-2H3;1H. The molecule has 7 heteroatoms. The molecule has 1 fully saturated rings. The molecule has 0 spiro atoms. The Balaban J connectivity index is 0.00000272. The maximum Gasteiger partial charge on any atom is 0.163 e. The second kappa shape index (κ2) is 10.5. The lowest BCUT2D eigenvalue weighted by Gasteiger charge is -2.36. The number of rotatable bonds is 6. The molecule has 0 bridgehead atoms. The summed E-state index contributed by atoms with van der Waals surface area (Å²) in [6.45, 7) is 4.36. The molecule has 0 N–H and O–H groups in total. The SMILES string of the molecule is COc1ccccc1C1=CC(=O)CC(CN2CCN(c3ccccc3OC)CC2)=N1.Cl. The number of ether oxygens (including phenoxy) is 2. The number of carbonyl (C=O) groups is 1. The van der Waals surface area contributed by atoms with Gasteiger partial charge in [0.05, 0.1) is 32.0 Å². The number of para-hydroxylation sites is 3. The van der Waals surface area contributed by atoms with E-state index < -0.39 is 0 Å². The minimum atomic E-state index is 0. The van der Waals surface area contributed by atoms with E-state index in [0.29, 0.717) is 18.7 Å². The van der Waals surface area contributed by atoms with Gasteiger partial charge in [0.15, 0.2) is 5.78 Å². The van der Waals surface area contributed by atoms with Gasteiger partial charge in [-0.15, -0.1) is 12.4 Å². The number of aliphatic imine (C=N–C) groups is 1. The number of hydrogen-bond acceptors (Lipinski definition) is 6. The predicted octanol–water partition coefficient (Wildman–Crippen LogP) is 3.70. The molecular formula is C24H28ClN3O3. The number of anilines is 1. The molecule has 164 valence electrons. The zero-order chi connectivity index (χ0) is 20.9. The van der Waals surface area contributed by atoms with Crippen LogP contribution in [0.25, 0.3) is 5.70 Å². The minimum Gasteiger partial charge on any atom is -0.496 e. The molecule has 2 aliphatic rings. The summed E-state index contributed by atoms with van der Waals surface area (Å²) < 4.78 is 10.9. The Kier molecular flexibility index (Phi) is 7.71. The lowest BCUT2D eigenvalue weighted by Crippen LogP contribution is -2.48. The van der Waals surface area contributed by atoms with Crippen molar-refractivity contribution in [1.82, 2.24) is 4.90 Å². The van der Waals surface area contributed by atoms with Crippen LogP contribution in [0, 0.1) is 0 Å². The van der Waals surface area contributed by atoms with Crippen LogP contribution in [0.2, 0.25) is 0 Å². The molecule has 6 nitrogen and oxygen atoms in total. The van der Waals surface area contributed by atoms with Gasteiger partial charge in [-0.1, -0.05) is 24.3 Å². The molecule has 0 radical (unpaired) electrons. The molecule has 0 saturated carbocycles. The largest absolute Gasteiger partial charge is 0.496 e. The van der Waals surface area contributed by atoms with E-state index in [1.807, 2.05) is 42.5 Å². The molecule has 0 atom stereocenters. The lowest BCUT2D eigenvalue weighted by atomic mass is 10.0. The molecular weight excluding hydrogens is 414 g/mol. The number of halogens is 1. The van der Waals surface area contributed by atoms with Gasteiger partial charge in [-0.05, 0) is 24.3 Å². The minimum absolute atomic E-state index is 0. The van der Waals surface area contributed by atoms with Crippen LogP contribution in [0.3, 0.4) is 0 Å². The van der Waals surface area contributed by atoms with Crippen molar-refractivity contribution in [2.75, 3.05) is 51.8 Å². The number of piperazine rings is 1. The van der Waals surface area contributed by atoms with E-state index in [1.165, 1.54) is 0 Å². The first-order valence-electron chi connectivity index (χ1n) is 10.2. The number of benzene rings is 2. The van der Waals surface area contributed by atoms with Gasteiger partial charge in [-0.25, -0.2) is 0 Å². The number of hydrogen-bond donors (Lipinski definition) is 0. The summed E-state index contributed by atoms with van der Waals surface area (Å²) in [7, 11) is 3.34. The molecule has 0 aromatic heterocycles. The molecule has 2 aromatic rings. The molecule has 0 unspecified atom stereocenters. The second-order valence-electron chi connectivity index (χ2n) is 7.49. The van der Waals surface area contributed by atoms with Gasteiger partial charge >= 0.3 is 0 Å². The van der Waals surface area contributed by atoms with Crippen molar-refractivity contribution < 1.29 is 14.3 Å². The van der Waals surface area contributed by atoms with Crippen molar-refractivity contribution in [3.05, 3.63) is 60.2 Å². The first-order valence-corrected chi connectivity index (χ1v) is 10.2. The molecule has 0 amide bonds. The number of allylic oxidation sites excluding steroid dienone is 1. The summed E-state index contributed by atoms with van der Waals surface area (Å²) in [6.07, 6.45) is 2.01. The molecule has 2 aromatic carbocycles. The van der Waals surface area contributed by atoms with E-state index in [9.17, 15) is 4.79 Å². The fourth-order valence-electron chi connectivity index (χ4n) is 4.03. The second-order valence-corrected chi connectivity index (χ2v) is 7.49. The van der Waals surface area contributed by atoms with Crippen LogP contribution >= 0.6 is 12.4 Å². The average molecular weight is 442 g/mol. The van der Waals surface area contributed by atoms with Crippen LogP contribution in [0.4, 0.5) is 5.69 Å². The van der Waals surface area contributed by atoms with Gasteiger partial charge in [0.2, 0.25) is 0 Å². The van der Waals surface area contributed by atoms with Gasteiger partial charge in [-0.3, -0.25) is 14.7 Å². The average Bonchev–Trinajstić information content (AvgIpc) is 2.79. The highest BCUT2D eigenvalue weighted by Gasteiger charge is 2.23. The molecule has 4 rings (SSSR count). The van der Waals surface area contributed by atoms with Gasteiger partial charge < -0.3 is 14.4 Å². The van der Waals surface area contributed by atoms with E-state index in [-0.39, 0.29) is 18.2 Å². The molecule has 2 heterocycles. The van der Waals surface area contributed by atoms with E-state index in [2.05, 4.69) is 15.9 Å². The summed E-state index contributed by atoms with van der Waals surface area (Å²) in [4.78, 5) is 21.9. The highest BCUT2D eigenvalue weighted by Crippen LogP contribution is 2.30. The first-order chi connectivity index (χ1) is 14.7. The molecule has 1 saturated heterocycles. The van der Waals surface area contributed by atoms with E-state index >= 15 is 0 Å². The maximum atomic E-state index is 12.4. The van der Waals surface area contributed by atoms with Crippen LogP contribution in [-0.2, 0) is 4.79 Å². The Labute approximate surface area is 189 Å². The van der Waals surface area contributed by atoms with Crippen LogP contribution in [-0.4, -0.2) is 63.3 Å². The maximum absolute atomic E-state index is 12.4. The Bertz CT molecular complexity index is 982. The highest BCUT2D eigenvalue weighted by atomic mass is 35.5. The van der Waals surface area contributed by atoms with Crippen LogP contribution < -0.4 is 14.4 Å². The van der Waals surface area contributed by atoms with Gasteiger partial charge in [0.1, 0.15) is 11.5 Å². The number of methoxy groups -OCH3 is 2. The van der Waals surface area contributed by atoms with Crippen LogP contribution in [0.1, 0.15) is 12.0 Å². The van der Waals surface area contributed by atoms with E-state index in [0.717, 1.165) is 54.6 Å². The number of carbonyl (C=O) groups excluding carboxylic acids is 1. The summed E-state index contributed by atoms with van der Waals surface area (Å²) in [5.74, 6) is 1.72. The molecule has 31 heavy (non-hydrogen) atoms. The Hall–Kier alpha value is -2.83. The number of ketones is 1. The van der Waals surface area contributed by atoms with Crippen LogP contribution in [0.5, 0.6) is 11.5 Å². The molecule has 0 aliphatic carbocycles. The fourth-order valence-corrected chi connectivity index (χ4v) is 4.03. The molecule has 2 aliphatic heterocycles. The number of nitrogens with zero attached hydrogens (tertiary/aromatic N) is 3. The van der Waals surface area contributed by atoms with Crippen molar-refractivity contribution in [3.63, 3.8) is 0 Å². The first kappa shape index (κ1) is 22.8. The zero-order valence-electron chi connectivity index (χ0n) is 17.9. The Morgan fingerprint density at radius 3 is 2.26 bits per heavy atom. The summed E-state index contributed by atoms with van der Waals surface area (Å²) >= 11 is 0. The highest BCUT2D eigenvalue weighted by molar-refractivity contribution is 6.14. The van der Waals surface area contributed by atoms with Crippen molar-refractivity contribution in [3.8, 4) is 11.5 Å². The van der Waals surface area contributed by atoms with Gasteiger partial charge in [0, 0.05) is 50.1 Å². The summed E-state index contributed by atoms with van der Waals surface area (Å²) in [5, 5.41) is 0. The third kappa shape index (κ3) is 5.27. The lowest BCUT2D eigenvalue weighted by molar-refractivity contribution is -0.113. The smallest absolute Gasteiger partial charge is 0.163 e. The van der Waals surface area contributed by atoms with Gasteiger partial charge in [0.25, 0.3) is 0 Å². The third-order valence-electron chi connectivity index (χ3n) is 5.54. The Morgan fingerprint density at radius 2 is 1.55 bits per heavy atom. The topological polar surface area (TPSA) is 54.4 Å². The van der Waals surface area contributed by atoms with E-state index in [1.54, 1.807) is 20.3 Å². The van der Waals surface area contributed by atoms with E-state index in [4.69, 9.17) is 14.5 Å². The fraction of sp³-hybridized carbons (Fsp3) is 0.333. The summed E-state index contributed by atoms with van der Waals surface area (Å²) in [5.41, 5.74) is 3.58. The quantitative estimate of drug-likeness (QED) is 0.684. The zero-order valence-corrected chi connectivity index (χ0v) is 18.7. The van der Waals surface area contributed by atoms with Crippen LogP contribution in [0.15, 0.2) is 59.6 Å². The monoisotopic (exact) mass is 441 g/mol. The van der Waals surface area contributed by atoms with Gasteiger partial charge in [-0.2, -0.15) is 0 Å². The van der Waals surface area contributed by atoms with Crippen molar-refractivity contribution in [1.29, 1.82) is 0 Å². The van der Waals surface area contributed by atoms with Crippen molar-refractivity contribution in [2.45, 2.75) is 6.42 Å². The Morgan fingerprint density at radius 1 is 0.903 bits per heavy atom. The summed E-state index contributed by atoms with van der Waals surface area (Å²) in [6, 6.07) is 15.8. The van der Waals surface area contributed by atoms with Crippen molar-refractivity contribution >= 4 is 35.3 Å². The predicted molar refractivity (Wildman–Crippen MR) is 127 cm³/mol. The van der Waals surface area contributed by atoms with Crippen molar-refractivity contribution in [2.24, 2.45) is 4.99 Å².